The predicted octanol–water partition coefficient (Wildman–Crippen LogP) is 3.78. The quantitative estimate of drug-likeness (QED) is 0.878. The fourth-order valence-corrected chi connectivity index (χ4v) is 2.37. The average molecular weight is 285 g/mol. The first-order chi connectivity index (χ1) is 10.1. The second kappa shape index (κ2) is 7.14. The Balaban J connectivity index is 2.06. The molecule has 0 saturated heterocycles. The zero-order valence-electron chi connectivity index (χ0n) is 12.9. The van der Waals surface area contributed by atoms with Gasteiger partial charge in [-0.3, -0.25) is 0 Å². The number of aryl methyl sites for hydroxylation is 2. The lowest BCUT2D eigenvalue weighted by molar-refractivity contribution is 0.281. The fourth-order valence-electron chi connectivity index (χ4n) is 2.37. The summed E-state index contributed by atoms with van der Waals surface area (Å²) < 4.78 is 11.4. The van der Waals surface area contributed by atoms with Crippen LogP contribution < -0.4 is 15.2 Å². The first-order valence-electron chi connectivity index (χ1n) is 7.28. The lowest BCUT2D eigenvalue weighted by Crippen LogP contribution is -2.20. The maximum Gasteiger partial charge on any atom is 0.124 e. The Bertz CT molecular complexity index is 575. The molecule has 3 nitrogen and oxygen atoms in total. The largest absolute Gasteiger partial charge is 0.494 e. The van der Waals surface area contributed by atoms with E-state index in [1.807, 2.05) is 43.3 Å². The van der Waals surface area contributed by atoms with E-state index in [1.165, 1.54) is 11.1 Å². The molecule has 0 aliphatic heterocycles. The summed E-state index contributed by atoms with van der Waals surface area (Å²) in [5, 5.41) is 0. The molecule has 0 heterocycles. The zero-order chi connectivity index (χ0) is 15.2. The second-order valence-corrected chi connectivity index (χ2v) is 5.21. The molecule has 0 aliphatic carbocycles. The molecule has 2 aromatic rings. The SMILES string of the molecule is CCOc1ccccc1C(N)COc1cc(C)cc(C)c1. The summed E-state index contributed by atoms with van der Waals surface area (Å²) in [6.07, 6.45) is 0. The Labute approximate surface area is 126 Å². The Morgan fingerprint density at radius 1 is 1.00 bits per heavy atom. The van der Waals surface area contributed by atoms with Crippen LogP contribution in [0.3, 0.4) is 0 Å². The van der Waals surface area contributed by atoms with Gasteiger partial charge in [0.25, 0.3) is 0 Å². The number of ether oxygens (including phenoxy) is 2. The van der Waals surface area contributed by atoms with Crippen LogP contribution in [0.5, 0.6) is 11.5 Å². The van der Waals surface area contributed by atoms with E-state index in [1.54, 1.807) is 0 Å². The summed E-state index contributed by atoms with van der Waals surface area (Å²) in [6, 6.07) is 13.8. The van der Waals surface area contributed by atoms with Gasteiger partial charge in [-0.25, -0.2) is 0 Å². The van der Waals surface area contributed by atoms with Crippen molar-refractivity contribution >= 4 is 0 Å². The third-order valence-electron chi connectivity index (χ3n) is 3.24. The molecule has 1 atom stereocenters. The number of hydrogen-bond donors (Lipinski definition) is 1. The molecule has 0 saturated carbocycles. The molecule has 3 heteroatoms. The molecular formula is C18H23NO2. The monoisotopic (exact) mass is 285 g/mol. The molecular weight excluding hydrogens is 262 g/mol. The summed E-state index contributed by atoms with van der Waals surface area (Å²) in [7, 11) is 0. The van der Waals surface area contributed by atoms with Gasteiger partial charge in [0.1, 0.15) is 18.1 Å². The summed E-state index contributed by atoms with van der Waals surface area (Å²) in [5.74, 6) is 1.69. The van der Waals surface area contributed by atoms with E-state index >= 15 is 0 Å². The molecule has 1 unspecified atom stereocenters. The maximum atomic E-state index is 6.25. The molecule has 0 aliphatic rings. The van der Waals surface area contributed by atoms with Crippen LogP contribution in [0.25, 0.3) is 0 Å². The minimum atomic E-state index is -0.214. The van der Waals surface area contributed by atoms with Crippen LogP contribution in [-0.4, -0.2) is 13.2 Å². The van der Waals surface area contributed by atoms with Gasteiger partial charge in [-0.05, 0) is 50.1 Å². The molecule has 0 spiro atoms. The van der Waals surface area contributed by atoms with E-state index in [-0.39, 0.29) is 6.04 Å². The fraction of sp³-hybridized carbons (Fsp3) is 0.333. The van der Waals surface area contributed by atoms with Gasteiger partial charge in [-0.1, -0.05) is 24.3 Å². The number of hydrogen-bond acceptors (Lipinski definition) is 3. The third-order valence-corrected chi connectivity index (χ3v) is 3.24. The Hall–Kier alpha value is -2.00. The van der Waals surface area contributed by atoms with Gasteiger partial charge in [-0.2, -0.15) is 0 Å². The smallest absolute Gasteiger partial charge is 0.124 e. The minimum Gasteiger partial charge on any atom is -0.494 e. The first-order valence-corrected chi connectivity index (χ1v) is 7.28. The van der Waals surface area contributed by atoms with Gasteiger partial charge < -0.3 is 15.2 Å². The van der Waals surface area contributed by atoms with Crippen molar-refractivity contribution in [1.82, 2.24) is 0 Å². The molecule has 21 heavy (non-hydrogen) atoms. The highest BCUT2D eigenvalue weighted by Gasteiger charge is 2.12. The first kappa shape index (κ1) is 15.4. The average Bonchev–Trinajstić information content (AvgIpc) is 2.45. The molecule has 2 rings (SSSR count). The van der Waals surface area contributed by atoms with Crippen LogP contribution in [0.1, 0.15) is 29.7 Å². The molecule has 0 bridgehead atoms. The van der Waals surface area contributed by atoms with E-state index in [9.17, 15) is 0 Å². The number of rotatable bonds is 6. The standard InChI is InChI=1S/C18H23NO2/c1-4-20-18-8-6-5-7-16(18)17(19)12-21-15-10-13(2)9-14(3)11-15/h5-11,17H,4,12,19H2,1-3H3. The second-order valence-electron chi connectivity index (χ2n) is 5.21. The molecule has 2 aromatic carbocycles. The van der Waals surface area contributed by atoms with Gasteiger partial charge >= 0.3 is 0 Å². The molecule has 0 fully saturated rings. The molecule has 2 N–H and O–H groups in total. The van der Waals surface area contributed by atoms with Crippen LogP contribution >= 0.6 is 0 Å². The van der Waals surface area contributed by atoms with Gasteiger partial charge in [0.05, 0.1) is 12.6 Å². The van der Waals surface area contributed by atoms with Crippen molar-refractivity contribution in [3.8, 4) is 11.5 Å². The topological polar surface area (TPSA) is 44.5 Å². The van der Waals surface area contributed by atoms with Crippen LogP contribution in [0.4, 0.5) is 0 Å². The van der Waals surface area contributed by atoms with E-state index in [2.05, 4.69) is 19.9 Å². The Kier molecular flexibility index (Phi) is 5.23. The normalized spacial score (nSPS) is 12.0. The minimum absolute atomic E-state index is 0.214. The van der Waals surface area contributed by atoms with Crippen LogP contribution in [0, 0.1) is 13.8 Å². The number of nitrogens with two attached hydrogens (primary N) is 1. The van der Waals surface area contributed by atoms with Gasteiger partial charge in [0.2, 0.25) is 0 Å². The van der Waals surface area contributed by atoms with Crippen molar-refractivity contribution < 1.29 is 9.47 Å². The maximum absolute atomic E-state index is 6.25. The zero-order valence-corrected chi connectivity index (χ0v) is 12.9. The van der Waals surface area contributed by atoms with Crippen molar-refractivity contribution in [2.24, 2.45) is 5.73 Å². The molecule has 0 aromatic heterocycles. The lowest BCUT2D eigenvalue weighted by atomic mass is 10.1. The Morgan fingerprint density at radius 3 is 2.33 bits per heavy atom. The van der Waals surface area contributed by atoms with Crippen molar-refractivity contribution in [2.45, 2.75) is 26.8 Å². The highest BCUT2D eigenvalue weighted by atomic mass is 16.5. The molecule has 112 valence electrons. The molecule has 0 radical (unpaired) electrons. The third kappa shape index (κ3) is 4.23. The lowest BCUT2D eigenvalue weighted by Gasteiger charge is -2.17. The van der Waals surface area contributed by atoms with Crippen molar-refractivity contribution in [2.75, 3.05) is 13.2 Å². The van der Waals surface area contributed by atoms with E-state index < -0.39 is 0 Å². The van der Waals surface area contributed by atoms with Gasteiger partial charge in [0, 0.05) is 5.56 Å². The highest BCUT2D eigenvalue weighted by molar-refractivity contribution is 5.36. The summed E-state index contributed by atoms with van der Waals surface area (Å²) >= 11 is 0. The summed E-state index contributed by atoms with van der Waals surface area (Å²) in [6.45, 7) is 7.14. The van der Waals surface area contributed by atoms with Crippen LogP contribution in [0.2, 0.25) is 0 Å². The van der Waals surface area contributed by atoms with Crippen LogP contribution in [-0.2, 0) is 0 Å². The van der Waals surface area contributed by atoms with Gasteiger partial charge in [0.15, 0.2) is 0 Å². The van der Waals surface area contributed by atoms with Gasteiger partial charge in [-0.15, -0.1) is 0 Å². The van der Waals surface area contributed by atoms with Crippen LogP contribution in [0.15, 0.2) is 42.5 Å². The van der Waals surface area contributed by atoms with E-state index in [0.29, 0.717) is 13.2 Å². The highest BCUT2D eigenvalue weighted by Crippen LogP contribution is 2.25. The summed E-state index contributed by atoms with van der Waals surface area (Å²) in [5.41, 5.74) is 9.60. The Morgan fingerprint density at radius 2 is 1.67 bits per heavy atom. The number of para-hydroxylation sites is 1. The molecule has 0 amide bonds. The van der Waals surface area contributed by atoms with Crippen molar-refractivity contribution in [3.05, 3.63) is 59.2 Å². The van der Waals surface area contributed by atoms with Crippen molar-refractivity contribution in [1.29, 1.82) is 0 Å². The summed E-state index contributed by atoms with van der Waals surface area (Å²) in [4.78, 5) is 0. The van der Waals surface area contributed by atoms with E-state index in [0.717, 1.165) is 17.1 Å². The van der Waals surface area contributed by atoms with E-state index in [4.69, 9.17) is 15.2 Å². The number of benzene rings is 2. The predicted molar refractivity (Wildman–Crippen MR) is 86.0 cm³/mol. The van der Waals surface area contributed by atoms with Crippen molar-refractivity contribution in [3.63, 3.8) is 0 Å².